The van der Waals surface area contributed by atoms with E-state index >= 15 is 0 Å². The van der Waals surface area contributed by atoms with Crippen LogP contribution in [0.5, 0.6) is 0 Å². The van der Waals surface area contributed by atoms with Crippen molar-refractivity contribution in [1.82, 2.24) is 29.6 Å². The molecule has 11 nitrogen and oxygen atoms in total. The number of aliphatic imine (C=N–C) groups is 2. The van der Waals surface area contributed by atoms with Crippen molar-refractivity contribution in [1.29, 1.82) is 0 Å². The summed E-state index contributed by atoms with van der Waals surface area (Å²) in [5, 5.41) is 16.9. The molecule has 0 spiro atoms. The van der Waals surface area contributed by atoms with Crippen LogP contribution >= 0.6 is 11.8 Å². The fraction of sp³-hybridized carbons (Fsp3) is 0.333. The summed E-state index contributed by atoms with van der Waals surface area (Å²) in [5.41, 5.74) is 0.724. The highest BCUT2D eigenvalue weighted by molar-refractivity contribution is 8.03. The smallest absolute Gasteiger partial charge is 0.232 e. The molecule has 1 fully saturated rings. The Morgan fingerprint density at radius 3 is 2.70 bits per heavy atom. The van der Waals surface area contributed by atoms with Gasteiger partial charge in [-0.3, -0.25) is 4.68 Å². The number of thioether (sulfide) groups is 1. The monoisotopic (exact) mass is 524 g/mol. The van der Waals surface area contributed by atoms with E-state index in [4.69, 9.17) is 0 Å². The first-order valence-electron chi connectivity index (χ1n) is 11.7. The zero-order chi connectivity index (χ0) is 26.2. The fourth-order valence-corrected chi connectivity index (χ4v) is 4.37. The maximum absolute atomic E-state index is 13.1. The number of anilines is 3. The Hall–Kier alpha value is -3.84. The van der Waals surface area contributed by atoms with Gasteiger partial charge in [0.25, 0.3) is 0 Å². The molecule has 37 heavy (non-hydrogen) atoms. The Labute approximate surface area is 218 Å². The van der Waals surface area contributed by atoms with Gasteiger partial charge in [-0.15, -0.1) is 0 Å². The minimum absolute atomic E-state index is 0.258. The van der Waals surface area contributed by atoms with Crippen LogP contribution in [0.15, 0.2) is 69.0 Å². The Morgan fingerprint density at radius 2 is 2.00 bits per heavy atom. The first kappa shape index (κ1) is 26.2. The Bertz CT molecular complexity index is 1250. The third-order valence-corrected chi connectivity index (χ3v) is 6.28. The predicted octanol–water partition coefficient (Wildman–Crippen LogP) is 3.16. The lowest BCUT2D eigenvalue weighted by molar-refractivity contribution is 0.168. The van der Waals surface area contributed by atoms with E-state index in [1.54, 1.807) is 42.3 Å². The van der Waals surface area contributed by atoms with Crippen LogP contribution in [0.25, 0.3) is 0 Å². The van der Waals surface area contributed by atoms with Crippen molar-refractivity contribution < 1.29 is 9.50 Å². The van der Waals surface area contributed by atoms with Crippen LogP contribution < -0.4 is 10.2 Å². The molecular formula is C24H29FN10OS. The van der Waals surface area contributed by atoms with Gasteiger partial charge >= 0.3 is 0 Å². The second-order valence-electron chi connectivity index (χ2n) is 8.39. The van der Waals surface area contributed by atoms with Gasteiger partial charge < -0.3 is 20.2 Å². The van der Waals surface area contributed by atoms with Crippen molar-refractivity contribution >= 4 is 42.0 Å². The average molecular weight is 525 g/mol. The second kappa shape index (κ2) is 12.4. The zero-order valence-corrected chi connectivity index (χ0v) is 21.5. The molecule has 194 valence electrons. The van der Waals surface area contributed by atoms with E-state index in [0.717, 1.165) is 15.5 Å². The number of benzene rings is 1. The number of rotatable bonds is 8. The van der Waals surface area contributed by atoms with Crippen molar-refractivity contribution in [2.75, 3.05) is 36.4 Å². The van der Waals surface area contributed by atoms with Crippen molar-refractivity contribution in [3.05, 3.63) is 59.9 Å². The molecule has 0 saturated carbocycles. The number of nitrogens with one attached hydrogen (secondary N) is 1. The van der Waals surface area contributed by atoms with Crippen molar-refractivity contribution in [3.63, 3.8) is 0 Å². The van der Waals surface area contributed by atoms with Gasteiger partial charge in [-0.2, -0.15) is 10.1 Å². The highest BCUT2D eigenvalue weighted by Gasteiger charge is 2.21. The van der Waals surface area contributed by atoms with E-state index in [-0.39, 0.29) is 5.82 Å². The normalized spacial score (nSPS) is 15.6. The number of allylic oxidation sites excluding steroid dienone is 1. The number of aromatic nitrogens is 5. The van der Waals surface area contributed by atoms with E-state index in [0.29, 0.717) is 50.6 Å². The average Bonchev–Trinajstić information content (AvgIpc) is 3.32. The van der Waals surface area contributed by atoms with Gasteiger partial charge in [0.1, 0.15) is 12.1 Å². The molecule has 1 aromatic carbocycles. The first-order chi connectivity index (χ1) is 17.9. The molecular weight excluding hydrogens is 495 g/mol. The number of guanidine groups is 1. The molecule has 0 amide bonds. The standard InChI is InChI=1S/C24H29FN10OS/c1-17(36)14-35-15-20(13-30-35)31-22-28-16-29-24(32-22)34-10-8-33(9-11-34)23(26-3)27-12-18(2)37-21-6-4-19(25)5-7-21/h4-7,12-13,15-17,36H,3,8-11,14H2,1-2H3,(H,28,29,31,32)/b18-12+,27-23?/t17-/m0/s1. The highest BCUT2D eigenvalue weighted by atomic mass is 32.2. The molecule has 3 heterocycles. The molecule has 1 aliphatic heterocycles. The third kappa shape index (κ3) is 7.57. The van der Waals surface area contributed by atoms with Crippen LogP contribution in [-0.2, 0) is 6.54 Å². The zero-order valence-electron chi connectivity index (χ0n) is 20.7. The molecule has 13 heteroatoms. The topological polar surface area (TPSA) is 120 Å². The lowest BCUT2D eigenvalue weighted by atomic mass is 10.3. The van der Waals surface area contributed by atoms with Gasteiger partial charge in [-0.1, -0.05) is 11.8 Å². The fourth-order valence-electron chi connectivity index (χ4n) is 3.62. The third-order valence-electron chi connectivity index (χ3n) is 5.34. The van der Waals surface area contributed by atoms with Crippen molar-refractivity contribution in [2.24, 2.45) is 9.98 Å². The minimum Gasteiger partial charge on any atom is -0.391 e. The molecule has 3 aromatic rings. The number of aliphatic hydroxyl groups is 1. The number of nitrogens with zero attached hydrogens (tertiary/aromatic N) is 9. The van der Waals surface area contributed by atoms with Crippen LogP contribution in [0.2, 0.25) is 0 Å². The van der Waals surface area contributed by atoms with E-state index in [2.05, 4.69) is 51.9 Å². The summed E-state index contributed by atoms with van der Waals surface area (Å²) in [7, 11) is 0. The Morgan fingerprint density at radius 1 is 1.24 bits per heavy atom. The van der Waals surface area contributed by atoms with E-state index < -0.39 is 6.10 Å². The number of halogens is 1. The molecule has 1 atom stereocenters. The summed E-state index contributed by atoms with van der Waals surface area (Å²) in [4.78, 5) is 27.7. The van der Waals surface area contributed by atoms with Gasteiger partial charge in [0.2, 0.25) is 17.9 Å². The lowest BCUT2D eigenvalue weighted by Gasteiger charge is -2.35. The van der Waals surface area contributed by atoms with Crippen LogP contribution in [-0.4, -0.2) is 79.7 Å². The van der Waals surface area contributed by atoms with Gasteiger partial charge in [-0.05, 0) is 44.8 Å². The largest absolute Gasteiger partial charge is 0.391 e. The molecule has 1 saturated heterocycles. The molecule has 0 aliphatic carbocycles. The predicted molar refractivity (Wildman–Crippen MR) is 144 cm³/mol. The molecule has 1 aliphatic rings. The van der Waals surface area contributed by atoms with E-state index in [1.165, 1.54) is 30.2 Å². The number of hydrogen-bond acceptors (Lipinski definition) is 9. The first-order valence-corrected chi connectivity index (χ1v) is 12.5. The Kier molecular flexibility index (Phi) is 8.80. The maximum Gasteiger partial charge on any atom is 0.232 e. The van der Waals surface area contributed by atoms with Gasteiger partial charge in [-0.25, -0.2) is 24.3 Å². The molecule has 2 N–H and O–H groups in total. The second-order valence-corrected chi connectivity index (χ2v) is 9.71. The molecule has 0 radical (unpaired) electrons. The van der Waals surface area contributed by atoms with Gasteiger partial charge in [0.05, 0.1) is 24.5 Å². The minimum atomic E-state index is -0.489. The number of aliphatic hydroxyl groups excluding tert-OH is 1. The summed E-state index contributed by atoms with van der Waals surface area (Å²) in [6.07, 6.45) is 6.17. The molecule has 0 bridgehead atoms. The quantitative estimate of drug-likeness (QED) is 0.260. The number of piperazine rings is 1. The Balaban J connectivity index is 1.33. The summed E-state index contributed by atoms with van der Waals surface area (Å²) >= 11 is 1.51. The molecule has 4 rings (SSSR count). The van der Waals surface area contributed by atoms with E-state index in [1.807, 2.05) is 6.92 Å². The summed E-state index contributed by atoms with van der Waals surface area (Å²) in [6.45, 7) is 10.4. The van der Waals surface area contributed by atoms with Crippen LogP contribution in [0.4, 0.5) is 22.0 Å². The van der Waals surface area contributed by atoms with Crippen LogP contribution in [0.1, 0.15) is 13.8 Å². The lowest BCUT2D eigenvalue weighted by Crippen LogP contribution is -2.48. The van der Waals surface area contributed by atoms with Gasteiger partial charge in [0, 0.05) is 48.4 Å². The highest BCUT2D eigenvalue weighted by Crippen LogP contribution is 2.26. The molecule has 2 aromatic heterocycles. The van der Waals surface area contributed by atoms with Gasteiger partial charge in [0.15, 0.2) is 0 Å². The molecule has 0 unspecified atom stereocenters. The van der Waals surface area contributed by atoms with E-state index in [9.17, 15) is 9.50 Å². The van der Waals surface area contributed by atoms with Crippen LogP contribution in [0, 0.1) is 5.82 Å². The summed E-state index contributed by atoms with van der Waals surface area (Å²) < 4.78 is 14.8. The maximum atomic E-state index is 13.1. The van der Waals surface area contributed by atoms with Crippen molar-refractivity contribution in [3.8, 4) is 0 Å². The number of hydrogen-bond donors (Lipinski definition) is 2. The SMILES string of the molecule is C=NC(=N/C=C(\C)Sc1ccc(F)cc1)N1CCN(c2ncnc(Nc3cnn(C[C@H](C)O)c3)n2)CC1. The van der Waals surface area contributed by atoms with Crippen molar-refractivity contribution in [2.45, 2.75) is 31.4 Å². The summed E-state index contributed by atoms with van der Waals surface area (Å²) in [5.74, 6) is 1.28. The van der Waals surface area contributed by atoms with Crippen LogP contribution in [0.3, 0.4) is 0 Å². The summed E-state index contributed by atoms with van der Waals surface area (Å²) in [6, 6.07) is 6.35.